The summed E-state index contributed by atoms with van der Waals surface area (Å²) in [4.78, 5) is 0. The normalized spacial score (nSPS) is 11.3. The molecule has 0 bridgehead atoms. The van der Waals surface area contributed by atoms with E-state index < -0.39 is 0 Å². The van der Waals surface area contributed by atoms with Crippen LogP contribution in [0.5, 0.6) is 0 Å². The molecular formula is C15H29. The maximum absolute atomic E-state index is 3.86. The van der Waals surface area contributed by atoms with Crippen molar-refractivity contribution in [1.29, 1.82) is 0 Å². The summed E-state index contributed by atoms with van der Waals surface area (Å²) in [5.74, 6) is 0. The Kier molecular flexibility index (Phi) is 13.5. The van der Waals surface area contributed by atoms with Gasteiger partial charge in [0, 0.05) is 0 Å². The molecule has 0 aromatic rings. The zero-order valence-electron chi connectivity index (χ0n) is 10.6. The van der Waals surface area contributed by atoms with Gasteiger partial charge in [0.2, 0.25) is 0 Å². The molecule has 0 saturated heterocycles. The molecule has 0 rings (SSSR count). The van der Waals surface area contributed by atoms with E-state index in [4.69, 9.17) is 0 Å². The van der Waals surface area contributed by atoms with E-state index in [9.17, 15) is 0 Å². The zero-order valence-corrected chi connectivity index (χ0v) is 10.6. The molecular weight excluding hydrogens is 180 g/mol. The van der Waals surface area contributed by atoms with E-state index in [1.54, 1.807) is 0 Å². The first kappa shape index (κ1) is 14.7. The highest BCUT2D eigenvalue weighted by Crippen LogP contribution is 2.11. The maximum Gasteiger partial charge on any atom is -0.0351 e. The van der Waals surface area contributed by atoms with Gasteiger partial charge in [-0.15, -0.1) is 0 Å². The summed E-state index contributed by atoms with van der Waals surface area (Å²) < 4.78 is 0. The van der Waals surface area contributed by atoms with Crippen molar-refractivity contribution in [2.24, 2.45) is 0 Å². The van der Waals surface area contributed by atoms with Gasteiger partial charge in [-0.2, -0.15) is 0 Å². The molecule has 0 aromatic heterocycles. The fourth-order valence-electron chi connectivity index (χ4n) is 1.84. The first-order chi connectivity index (χ1) is 7.41. The van der Waals surface area contributed by atoms with Crippen LogP contribution in [0.2, 0.25) is 0 Å². The molecule has 0 amide bonds. The van der Waals surface area contributed by atoms with Gasteiger partial charge in [-0.3, -0.25) is 0 Å². The first-order valence-electron chi connectivity index (χ1n) is 6.82. The van der Waals surface area contributed by atoms with Crippen LogP contribution in [0.15, 0.2) is 12.2 Å². The van der Waals surface area contributed by atoms with E-state index in [1.165, 1.54) is 64.2 Å². The molecule has 0 saturated carbocycles. The SMILES string of the molecule is [CH2]CCCCCCCCCCCC=CC. The van der Waals surface area contributed by atoms with E-state index >= 15 is 0 Å². The van der Waals surface area contributed by atoms with E-state index in [1.807, 2.05) is 0 Å². The molecule has 0 fully saturated rings. The molecule has 0 aromatic carbocycles. The molecule has 0 atom stereocenters. The summed E-state index contributed by atoms with van der Waals surface area (Å²) >= 11 is 0. The fourth-order valence-corrected chi connectivity index (χ4v) is 1.84. The third kappa shape index (κ3) is 13.7. The van der Waals surface area contributed by atoms with E-state index in [2.05, 4.69) is 26.0 Å². The summed E-state index contributed by atoms with van der Waals surface area (Å²) in [6.07, 6.45) is 19.5. The highest BCUT2D eigenvalue weighted by Gasteiger charge is 1.91. The van der Waals surface area contributed by atoms with Gasteiger partial charge < -0.3 is 0 Å². The van der Waals surface area contributed by atoms with Crippen molar-refractivity contribution >= 4 is 0 Å². The first-order valence-corrected chi connectivity index (χ1v) is 6.82. The van der Waals surface area contributed by atoms with Gasteiger partial charge in [0.25, 0.3) is 0 Å². The molecule has 15 heavy (non-hydrogen) atoms. The van der Waals surface area contributed by atoms with Crippen LogP contribution < -0.4 is 0 Å². The predicted octanol–water partition coefficient (Wildman–Crippen LogP) is 5.69. The largest absolute Gasteiger partial charge is 0.0917 e. The van der Waals surface area contributed by atoms with Crippen molar-refractivity contribution in [2.45, 2.75) is 77.6 Å². The average molecular weight is 209 g/mol. The third-order valence-electron chi connectivity index (χ3n) is 2.86. The quantitative estimate of drug-likeness (QED) is 0.303. The van der Waals surface area contributed by atoms with E-state index in [0.29, 0.717) is 0 Å². The van der Waals surface area contributed by atoms with Gasteiger partial charge in [-0.25, -0.2) is 0 Å². The van der Waals surface area contributed by atoms with E-state index in [0.717, 1.165) is 6.42 Å². The molecule has 0 aliphatic heterocycles. The number of unbranched alkanes of at least 4 members (excludes halogenated alkanes) is 10. The molecule has 89 valence electrons. The minimum absolute atomic E-state index is 1.12. The summed E-state index contributed by atoms with van der Waals surface area (Å²) in [5.41, 5.74) is 0. The Labute approximate surface area is 97.2 Å². The second-order valence-corrected chi connectivity index (χ2v) is 4.39. The summed E-state index contributed by atoms with van der Waals surface area (Å²) in [6.45, 7) is 5.97. The van der Waals surface area contributed by atoms with Gasteiger partial charge in [-0.1, -0.05) is 76.9 Å². The minimum Gasteiger partial charge on any atom is -0.0917 e. The number of allylic oxidation sites excluding steroid dienone is 2. The van der Waals surface area contributed by atoms with Crippen molar-refractivity contribution in [3.8, 4) is 0 Å². The van der Waals surface area contributed by atoms with Crippen LogP contribution in [0.3, 0.4) is 0 Å². The lowest BCUT2D eigenvalue weighted by molar-refractivity contribution is 0.561. The van der Waals surface area contributed by atoms with E-state index in [-0.39, 0.29) is 0 Å². The standard InChI is InChI=1S/C15H29/c1-3-5-7-9-11-13-15-14-12-10-8-6-4-2/h4,6H,1,3,5,7-15H2,2H3. The minimum atomic E-state index is 1.12. The fraction of sp³-hybridized carbons (Fsp3) is 0.800. The van der Waals surface area contributed by atoms with Gasteiger partial charge in [0.1, 0.15) is 0 Å². The van der Waals surface area contributed by atoms with Gasteiger partial charge in [-0.05, 0) is 19.8 Å². The molecule has 1 radical (unpaired) electrons. The van der Waals surface area contributed by atoms with Crippen LogP contribution in [-0.2, 0) is 0 Å². The van der Waals surface area contributed by atoms with Gasteiger partial charge in [0.05, 0.1) is 0 Å². The molecule has 0 N–H and O–H groups in total. The maximum atomic E-state index is 3.86. The lowest BCUT2D eigenvalue weighted by Gasteiger charge is -2.01. The summed E-state index contributed by atoms with van der Waals surface area (Å²) in [7, 11) is 0. The Hall–Kier alpha value is -0.260. The lowest BCUT2D eigenvalue weighted by Crippen LogP contribution is -1.81. The molecule has 0 spiro atoms. The van der Waals surface area contributed by atoms with Crippen molar-refractivity contribution in [3.63, 3.8) is 0 Å². The number of hydrogen-bond acceptors (Lipinski definition) is 0. The zero-order chi connectivity index (χ0) is 11.2. The second-order valence-electron chi connectivity index (χ2n) is 4.39. The Morgan fingerprint density at radius 1 is 0.733 bits per heavy atom. The Bertz CT molecular complexity index is 124. The third-order valence-corrected chi connectivity index (χ3v) is 2.86. The Morgan fingerprint density at radius 2 is 1.20 bits per heavy atom. The summed E-state index contributed by atoms with van der Waals surface area (Å²) in [5, 5.41) is 0. The number of hydrogen-bond donors (Lipinski definition) is 0. The highest BCUT2D eigenvalue weighted by atomic mass is 14.0. The molecule has 0 heteroatoms. The van der Waals surface area contributed by atoms with Crippen molar-refractivity contribution in [3.05, 3.63) is 19.1 Å². The van der Waals surface area contributed by atoms with Crippen LogP contribution >= 0.6 is 0 Å². The van der Waals surface area contributed by atoms with Crippen LogP contribution in [0, 0.1) is 6.92 Å². The average Bonchev–Trinajstić information content (AvgIpc) is 2.26. The van der Waals surface area contributed by atoms with Crippen LogP contribution in [0.1, 0.15) is 77.6 Å². The highest BCUT2D eigenvalue weighted by molar-refractivity contribution is 4.76. The topological polar surface area (TPSA) is 0 Å². The molecule has 0 heterocycles. The van der Waals surface area contributed by atoms with Crippen molar-refractivity contribution in [2.75, 3.05) is 0 Å². The van der Waals surface area contributed by atoms with Gasteiger partial charge >= 0.3 is 0 Å². The smallest absolute Gasteiger partial charge is 0.0351 e. The van der Waals surface area contributed by atoms with Crippen LogP contribution in [0.4, 0.5) is 0 Å². The van der Waals surface area contributed by atoms with Crippen LogP contribution in [0.25, 0.3) is 0 Å². The Morgan fingerprint density at radius 3 is 1.67 bits per heavy atom. The number of rotatable bonds is 11. The second kappa shape index (κ2) is 13.7. The van der Waals surface area contributed by atoms with Crippen molar-refractivity contribution in [1.82, 2.24) is 0 Å². The summed E-state index contributed by atoms with van der Waals surface area (Å²) in [6, 6.07) is 0. The monoisotopic (exact) mass is 209 g/mol. The van der Waals surface area contributed by atoms with Crippen molar-refractivity contribution < 1.29 is 0 Å². The molecule has 0 nitrogen and oxygen atoms in total. The lowest BCUT2D eigenvalue weighted by atomic mass is 10.1. The molecule has 0 unspecified atom stereocenters. The van der Waals surface area contributed by atoms with Crippen LogP contribution in [-0.4, -0.2) is 0 Å². The van der Waals surface area contributed by atoms with Gasteiger partial charge in [0.15, 0.2) is 0 Å². The Balaban J connectivity index is 2.86. The predicted molar refractivity (Wildman–Crippen MR) is 71.0 cm³/mol. The molecule has 0 aliphatic rings. The molecule has 0 aliphatic carbocycles.